The lowest BCUT2D eigenvalue weighted by atomic mass is 9.48. The van der Waals surface area contributed by atoms with Crippen molar-refractivity contribution in [3.63, 3.8) is 0 Å². The molecule has 0 aromatic rings. The van der Waals surface area contributed by atoms with Crippen LogP contribution in [0.15, 0.2) is 0 Å². The fourth-order valence-electron chi connectivity index (χ4n) is 6.60. The van der Waals surface area contributed by atoms with Crippen LogP contribution in [0.1, 0.15) is 77.6 Å². The van der Waals surface area contributed by atoms with Crippen molar-refractivity contribution in [1.29, 1.82) is 0 Å². The van der Waals surface area contributed by atoms with Crippen molar-refractivity contribution >= 4 is 5.78 Å². The first-order valence-electron chi connectivity index (χ1n) is 9.15. The fourth-order valence-corrected chi connectivity index (χ4v) is 6.60. The summed E-state index contributed by atoms with van der Waals surface area (Å²) in [5, 5.41) is 0. The summed E-state index contributed by atoms with van der Waals surface area (Å²) >= 11 is 0. The minimum absolute atomic E-state index is 0.430. The summed E-state index contributed by atoms with van der Waals surface area (Å²) in [7, 11) is 0. The molecule has 4 bridgehead atoms. The maximum absolute atomic E-state index is 12.8. The van der Waals surface area contributed by atoms with E-state index in [0.29, 0.717) is 17.1 Å². The van der Waals surface area contributed by atoms with Crippen LogP contribution in [0.3, 0.4) is 0 Å². The summed E-state index contributed by atoms with van der Waals surface area (Å²) in [6, 6.07) is 0. The first-order valence-corrected chi connectivity index (χ1v) is 9.15. The van der Waals surface area contributed by atoms with Gasteiger partial charge in [-0.3, -0.25) is 4.79 Å². The first kappa shape index (κ1) is 13.3. The zero-order chi connectivity index (χ0) is 13.7. The second kappa shape index (κ2) is 4.85. The number of carbonyl (C=O) groups is 1. The number of hydrogen-bond acceptors (Lipinski definition) is 1. The normalized spacial score (nSPS) is 50.4. The van der Waals surface area contributed by atoms with E-state index in [1.807, 2.05) is 0 Å². The standard InChI is InChI=1S/C19H30O/c1-13-2-4-17(5-3-13)18(20)12-19-9-14-6-15(10-19)8-16(7-14)11-19/h13-17H,2-12H2,1H3. The van der Waals surface area contributed by atoms with E-state index in [-0.39, 0.29) is 0 Å². The predicted molar refractivity (Wildman–Crippen MR) is 81.4 cm³/mol. The van der Waals surface area contributed by atoms with Crippen LogP contribution in [0, 0.1) is 35.0 Å². The van der Waals surface area contributed by atoms with Crippen molar-refractivity contribution in [2.45, 2.75) is 77.6 Å². The minimum atomic E-state index is 0.430. The average Bonchev–Trinajstić information content (AvgIpc) is 2.37. The Bertz CT molecular complexity index is 353. The van der Waals surface area contributed by atoms with Crippen LogP contribution in [-0.2, 0) is 4.79 Å². The molecule has 0 heterocycles. The van der Waals surface area contributed by atoms with Crippen molar-refractivity contribution in [2.24, 2.45) is 35.0 Å². The third-order valence-corrected chi connectivity index (χ3v) is 7.19. The van der Waals surface area contributed by atoms with Crippen molar-refractivity contribution in [1.82, 2.24) is 0 Å². The molecule has 0 aliphatic heterocycles. The molecule has 5 aliphatic carbocycles. The number of hydrogen-bond donors (Lipinski definition) is 0. The van der Waals surface area contributed by atoms with Gasteiger partial charge >= 0.3 is 0 Å². The summed E-state index contributed by atoms with van der Waals surface area (Å²) < 4.78 is 0. The van der Waals surface area contributed by atoms with E-state index >= 15 is 0 Å². The third kappa shape index (κ3) is 2.35. The van der Waals surface area contributed by atoms with Crippen molar-refractivity contribution in [2.75, 3.05) is 0 Å². The minimum Gasteiger partial charge on any atom is -0.299 e. The van der Waals surface area contributed by atoms with Gasteiger partial charge in [-0.25, -0.2) is 0 Å². The zero-order valence-corrected chi connectivity index (χ0v) is 13.1. The van der Waals surface area contributed by atoms with Crippen LogP contribution in [0.2, 0.25) is 0 Å². The van der Waals surface area contributed by atoms with Gasteiger partial charge in [0.1, 0.15) is 5.78 Å². The molecule has 5 fully saturated rings. The van der Waals surface area contributed by atoms with Gasteiger partial charge in [0.15, 0.2) is 0 Å². The maximum Gasteiger partial charge on any atom is 0.136 e. The third-order valence-electron chi connectivity index (χ3n) is 7.19. The van der Waals surface area contributed by atoms with E-state index in [1.165, 1.54) is 64.2 Å². The summed E-state index contributed by atoms with van der Waals surface area (Å²) in [5.74, 6) is 4.90. The lowest BCUT2D eigenvalue weighted by Crippen LogP contribution is -2.47. The van der Waals surface area contributed by atoms with Gasteiger partial charge in [0.05, 0.1) is 0 Å². The zero-order valence-electron chi connectivity index (χ0n) is 13.1. The highest BCUT2D eigenvalue weighted by atomic mass is 16.1. The maximum atomic E-state index is 12.8. The van der Waals surface area contributed by atoms with Gasteiger partial charge in [-0.05, 0) is 80.5 Å². The van der Waals surface area contributed by atoms with Crippen LogP contribution in [0.4, 0.5) is 0 Å². The summed E-state index contributed by atoms with van der Waals surface area (Å²) in [6.45, 7) is 2.35. The molecule has 0 amide bonds. The molecule has 5 rings (SSSR count). The Hall–Kier alpha value is -0.330. The van der Waals surface area contributed by atoms with Gasteiger partial charge < -0.3 is 0 Å². The second-order valence-corrected chi connectivity index (χ2v) is 9.02. The quantitative estimate of drug-likeness (QED) is 0.708. The van der Waals surface area contributed by atoms with Crippen molar-refractivity contribution < 1.29 is 4.79 Å². The van der Waals surface area contributed by atoms with Crippen LogP contribution >= 0.6 is 0 Å². The number of Topliss-reactive ketones (excluding diaryl/α,β-unsaturated/α-hetero) is 1. The van der Waals surface area contributed by atoms with E-state index in [0.717, 1.165) is 30.1 Å². The van der Waals surface area contributed by atoms with Crippen molar-refractivity contribution in [3.8, 4) is 0 Å². The molecule has 0 aromatic carbocycles. The molecular formula is C19H30O. The molecule has 0 N–H and O–H groups in total. The van der Waals surface area contributed by atoms with Gasteiger partial charge in [-0.2, -0.15) is 0 Å². The predicted octanol–water partition coefficient (Wildman–Crippen LogP) is 4.99. The lowest BCUT2D eigenvalue weighted by molar-refractivity contribution is -0.132. The van der Waals surface area contributed by atoms with Crippen molar-refractivity contribution in [3.05, 3.63) is 0 Å². The molecule has 0 aromatic heterocycles. The number of carbonyl (C=O) groups excluding carboxylic acids is 1. The topological polar surface area (TPSA) is 17.1 Å². The Morgan fingerprint density at radius 2 is 1.40 bits per heavy atom. The Morgan fingerprint density at radius 1 is 0.900 bits per heavy atom. The first-order chi connectivity index (χ1) is 9.62. The summed E-state index contributed by atoms with van der Waals surface area (Å²) in [6.07, 6.45) is 14.6. The molecule has 0 unspecified atom stereocenters. The number of ketones is 1. The van der Waals surface area contributed by atoms with E-state index in [4.69, 9.17) is 0 Å². The molecule has 0 radical (unpaired) electrons. The summed E-state index contributed by atoms with van der Waals surface area (Å²) in [5.41, 5.74) is 0.467. The fraction of sp³-hybridized carbons (Fsp3) is 0.947. The van der Waals surface area contributed by atoms with E-state index in [2.05, 4.69) is 6.92 Å². The highest BCUT2D eigenvalue weighted by molar-refractivity contribution is 5.81. The highest BCUT2D eigenvalue weighted by Gasteiger charge is 2.51. The van der Waals surface area contributed by atoms with Gasteiger partial charge in [0.2, 0.25) is 0 Å². The van der Waals surface area contributed by atoms with Crippen LogP contribution in [0.5, 0.6) is 0 Å². The van der Waals surface area contributed by atoms with Gasteiger partial charge in [0.25, 0.3) is 0 Å². The van der Waals surface area contributed by atoms with Gasteiger partial charge in [-0.15, -0.1) is 0 Å². The molecule has 1 heteroatoms. The molecule has 5 saturated carbocycles. The highest BCUT2D eigenvalue weighted by Crippen LogP contribution is 2.61. The van der Waals surface area contributed by atoms with Crippen LogP contribution in [-0.4, -0.2) is 5.78 Å². The molecule has 0 atom stereocenters. The smallest absolute Gasteiger partial charge is 0.136 e. The van der Waals surface area contributed by atoms with Crippen LogP contribution in [0.25, 0.3) is 0 Å². The number of rotatable bonds is 3. The molecule has 1 nitrogen and oxygen atoms in total. The molecule has 20 heavy (non-hydrogen) atoms. The monoisotopic (exact) mass is 274 g/mol. The van der Waals surface area contributed by atoms with E-state index in [1.54, 1.807) is 0 Å². The molecule has 112 valence electrons. The second-order valence-electron chi connectivity index (χ2n) is 9.02. The molecule has 0 spiro atoms. The van der Waals surface area contributed by atoms with Gasteiger partial charge in [-0.1, -0.05) is 19.8 Å². The Balaban J connectivity index is 1.42. The van der Waals surface area contributed by atoms with Gasteiger partial charge in [0, 0.05) is 12.3 Å². The lowest BCUT2D eigenvalue weighted by Gasteiger charge is -2.57. The Labute approximate surface area is 123 Å². The SMILES string of the molecule is CC1CCC(C(=O)CC23CC4CC(CC(C4)C2)C3)CC1. The Kier molecular flexibility index (Phi) is 3.23. The van der Waals surface area contributed by atoms with E-state index in [9.17, 15) is 4.79 Å². The molecule has 5 aliphatic rings. The molecule has 0 saturated heterocycles. The average molecular weight is 274 g/mol. The largest absolute Gasteiger partial charge is 0.299 e. The molecular weight excluding hydrogens is 244 g/mol. The Morgan fingerprint density at radius 3 is 1.90 bits per heavy atom. The van der Waals surface area contributed by atoms with Crippen LogP contribution < -0.4 is 0 Å². The summed E-state index contributed by atoms with van der Waals surface area (Å²) in [4.78, 5) is 12.8. The van der Waals surface area contributed by atoms with E-state index < -0.39 is 0 Å².